The van der Waals surface area contributed by atoms with Gasteiger partial charge >= 0.3 is 6.18 Å². The van der Waals surface area contributed by atoms with Gasteiger partial charge in [0.1, 0.15) is 0 Å². The first kappa shape index (κ1) is 15.7. The largest absolute Gasteiger partial charge is 0.399 e. The summed E-state index contributed by atoms with van der Waals surface area (Å²) >= 11 is 0. The number of halogens is 3. The number of carbonyl (C=O) groups excluding carboxylic acids is 1. The molecule has 1 aromatic rings. The summed E-state index contributed by atoms with van der Waals surface area (Å²) < 4.78 is 36.0. The molecule has 1 aliphatic carbocycles. The molecule has 1 amide bonds. The second-order valence-corrected chi connectivity index (χ2v) is 5.53. The van der Waals surface area contributed by atoms with Gasteiger partial charge in [0.2, 0.25) is 5.91 Å². The first-order chi connectivity index (χ1) is 9.83. The molecule has 0 radical (unpaired) electrons. The molecule has 0 aliphatic heterocycles. The van der Waals surface area contributed by atoms with E-state index < -0.39 is 18.0 Å². The van der Waals surface area contributed by atoms with E-state index >= 15 is 0 Å². The molecule has 0 bridgehead atoms. The normalized spacial score (nSPS) is 16.5. The van der Waals surface area contributed by atoms with Gasteiger partial charge in [-0.1, -0.05) is 12.1 Å². The molecule has 0 heterocycles. The van der Waals surface area contributed by atoms with E-state index in [0.29, 0.717) is 12.1 Å². The monoisotopic (exact) mass is 300 g/mol. The van der Waals surface area contributed by atoms with Crippen LogP contribution in [0.25, 0.3) is 0 Å². The van der Waals surface area contributed by atoms with Crippen molar-refractivity contribution >= 4 is 11.6 Å². The van der Waals surface area contributed by atoms with E-state index in [1.807, 2.05) is 12.1 Å². The van der Waals surface area contributed by atoms with Gasteiger partial charge in [-0.2, -0.15) is 13.2 Å². The molecule has 0 spiro atoms. The van der Waals surface area contributed by atoms with Gasteiger partial charge in [-0.3, -0.25) is 4.79 Å². The Kier molecular flexibility index (Phi) is 4.44. The molecule has 1 saturated carbocycles. The average molecular weight is 300 g/mol. The lowest BCUT2D eigenvalue weighted by atomic mass is 9.94. The van der Waals surface area contributed by atoms with Gasteiger partial charge < -0.3 is 11.1 Å². The molecule has 0 atom stereocenters. The van der Waals surface area contributed by atoms with Crippen molar-refractivity contribution in [2.45, 2.75) is 43.7 Å². The first-order valence-electron chi connectivity index (χ1n) is 7.05. The molecule has 1 fully saturated rings. The molecule has 1 aliphatic rings. The predicted octanol–water partition coefficient (Wildman–Crippen LogP) is 3.15. The van der Waals surface area contributed by atoms with Gasteiger partial charge in [-0.25, -0.2) is 0 Å². The van der Waals surface area contributed by atoms with E-state index in [0.717, 1.165) is 18.4 Å². The number of unbranched alkanes of at least 4 members (excludes halogenated alkanes) is 1. The zero-order valence-electron chi connectivity index (χ0n) is 11.7. The molecule has 6 heteroatoms. The summed E-state index contributed by atoms with van der Waals surface area (Å²) in [6.45, 7) is 0.283. The SMILES string of the molecule is Nc1ccc(C2(C(=O)NCCCCC(F)(F)F)CC2)cc1. The number of rotatable bonds is 6. The number of hydrogen-bond acceptors (Lipinski definition) is 2. The van der Waals surface area contributed by atoms with Crippen molar-refractivity contribution in [1.82, 2.24) is 5.32 Å². The summed E-state index contributed by atoms with van der Waals surface area (Å²) in [5, 5.41) is 2.75. The molecular weight excluding hydrogens is 281 g/mol. The summed E-state index contributed by atoms with van der Waals surface area (Å²) in [6.07, 6.45) is -3.00. The van der Waals surface area contributed by atoms with Crippen LogP contribution in [-0.2, 0) is 10.2 Å². The summed E-state index contributed by atoms with van der Waals surface area (Å²) in [5.41, 5.74) is 6.68. The van der Waals surface area contributed by atoms with Crippen LogP contribution in [0.4, 0.5) is 18.9 Å². The summed E-state index contributed by atoms with van der Waals surface area (Å²) in [6, 6.07) is 7.19. The number of carbonyl (C=O) groups is 1. The third kappa shape index (κ3) is 4.12. The van der Waals surface area contributed by atoms with E-state index in [1.54, 1.807) is 12.1 Å². The lowest BCUT2D eigenvalue weighted by Gasteiger charge is -2.16. The Hall–Kier alpha value is -1.72. The second kappa shape index (κ2) is 5.95. The lowest BCUT2D eigenvalue weighted by molar-refractivity contribution is -0.135. The summed E-state index contributed by atoms with van der Waals surface area (Å²) in [4.78, 5) is 12.2. The minimum absolute atomic E-state index is 0.0403. The first-order valence-corrected chi connectivity index (χ1v) is 7.05. The van der Waals surface area contributed by atoms with Gasteiger partial charge in [-0.15, -0.1) is 0 Å². The van der Waals surface area contributed by atoms with Crippen LogP contribution in [0, 0.1) is 0 Å². The summed E-state index contributed by atoms with van der Waals surface area (Å²) in [7, 11) is 0. The minimum atomic E-state index is -4.12. The van der Waals surface area contributed by atoms with E-state index in [4.69, 9.17) is 5.73 Å². The van der Waals surface area contributed by atoms with Crippen LogP contribution >= 0.6 is 0 Å². The van der Waals surface area contributed by atoms with Crippen LogP contribution in [0.1, 0.15) is 37.7 Å². The Morgan fingerprint density at radius 2 is 1.81 bits per heavy atom. The van der Waals surface area contributed by atoms with Gasteiger partial charge in [0.15, 0.2) is 0 Å². The second-order valence-electron chi connectivity index (χ2n) is 5.53. The van der Waals surface area contributed by atoms with Crippen LogP contribution in [-0.4, -0.2) is 18.6 Å². The number of nitrogens with one attached hydrogen (secondary N) is 1. The molecule has 3 N–H and O–H groups in total. The topological polar surface area (TPSA) is 55.1 Å². The van der Waals surface area contributed by atoms with Gasteiger partial charge in [0, 0.05) is 18.7 Å². The quantitative estimate of drug-likeness (QED) is 0.626. The van der Waals surface area contributed by atoms with Gasteiger partial charge in [0.05, 0.1) is 5.41 Å². The van der Waals surface area contributed by atoms with Crippen molar-refractivity contribution in [3.63, 3.8) is 0 Å². The Balaban J connectivity index is 1.79. The third-order valence-corrected chi connectivity index (χ3v) is 3.82. The highest BCUT2D eigenvalue weighted by atomic mass is 19.4. The molecule has 0 saturated heterocycles. The van der Waals surface area contributed by atoms with Crippen LogP contribution in [0.15, 0.2) is 24.3 Å². The van der Waals surface area contributed by atoms with Crippen molar-refractivity contribution in [2.75, 3.05) is 12.3 Å². The molecule has 0 aromatic heterocycles. The third-order valence-electron chi connectivity index (χ3n) is 3.82. The highest BCUT2D eigenvalue weighted by Crippen LogP contribution is 2.48. The molecular formula is C15H19F3N2O. The van der Waals surface area contributed by atoms with Crippen molar-refractivity contribution < 1.29 is 18.0 Å². The van der Waals surface area contributed by atoms with Crippen molar-refractivity contribution in [3.05, 3.63) is 29.8 Å². The maximum atomic E-state index is 12.2. The van der Waals surface area contributed by atoms with E-state index in [9.17, 15) is 18.0 Å². The Bertz CT molecular complexity index is 493. The van der Waals surface area contributed by atoms with Gasteiger partial charge in [0.25, 0.3) is 0 Å². The average Bonchev–Trinajstić information content (AvgIpc) is 3.19. The highest BCUT2D eigenvalue weighted by Gasteiger charge is 2.50. The van der Waals surface area contributed by atoms with Crippen LogP contribution in [0.2, 0.25) is 0 Å². The van der Waals surface area contributed by atoms with E-state index in [1.165, 1.54) is 0 Å². The number of anilines is 1. The Morgan fingerprint density at radius 3 is 2.33 bits per heavy atom. The number of nitrogens with two attached hydrogens (primary N) is 1. The van der Waals surface area contributed by atoms with Crippen LogP contribution in [0.3, 0.4) is 0 Å². The fourth-order valence-electron chi connectivity index (χ4n) is 2.40. The molecule has 1 aromatic carbocycles. The fraction of sp³-hybridized carbons (Fsp3) is 0.533. The van der Waals surface area contributed by atoms with Crippen molar-refractivity contribution in [3.8, 4) is 0 Å². The van der Waals surface area contributed by atoms with Crippen LogP contribution in [0.5, 0.6) is 0 Å². The Labute approximate surface area is 121 Å². The maximum Gasteiger partial charge on any atom is 0.389 e. The van der Waals surface area contributed by atoms with Crippen LogP contribution < -0.4 is 11.1 Å². The fourth-order valence-corrected chi connectivity index (χ4v) is 2.40. The molecule has 21 heavy (non-hydrogen) atoms. The highest BCUT2D eigenvalue weighted by molar-refractivity contribution is 5.91. The predicted molar refractivity (Wildman–Crippen MR) is 74.7 cm³/mol. The molecule has 2 rings (SSSR count). The molecule has 3 nitrogen and oxygen atoms in total. The number of benzene rings is 1. The van der Waals surface area contributed by atoms with E-state index in [-0.39, 0.29) is 18.9 Å². The van der Waals surface area contributed by atoms with Crippen molar-refractivity contribution in [1.29, 1.82) is 0 Å². The molecule has 116 valence electrons. The minimum Gasteiger partial charge on any atom is -0.399 e. The number of alkyl halides is 3. The van der Waals surface area contributed by atoms with Gasteiger partial charge in [-0.05, 0) is 43.4 Å². The number of amides is 1. The number of hydrogen-bond donors (Lipinski definition) is 2. The lowest BCUT2D eigenvalue weighted by Crippen LogP contribution is -2.35. The Morgan fingerprint density at radius 1 is 1.19 bits per heavy atom. The maximum absolute atomic E-state index is 12.2. The zero-order valence-corrected chi connectivity index (χ0v) is 11.7. The number of nitrogen functional groups attached to an aromatic ring is 1. The van der Waals surface area contributed by atoms with E-state index in [2.05, 4.69) is 5.32 Å². The smallest absolute Gasteiger partial charge is 0.389 e. The van der Waals surface area contributed by atoms with Crippen molar-refractivity contribution in [2.24, 2.45) is 0 Å². The zero-order chi connectivity index (χ0) is 15.5. The summed E-state index contributed by atoms with van der Waals surface area (Å²) in [5.74, 6) is -0.0979. The standard InChI is InChI=1S/C15H19F3N2O/c16-15(17,18)7-1-2-10-20-13(21)14(8-9-14)11-3-5-12(19)6-4-11/h3-6H,1-2,7-10,19H2,(H,20,21). The molecule has 0 unspecified atom stereocenters.